The van der Waals surface area contributed by atoms with Gasteiger partial charge >= 0.3 is 0 Å². The third-order valence-electron chi connectivity index (χ3n) is 2.67. The zero-order chi connectivity index (χ0) is 11.7. The average molecular weight is 255 g/mol. The first-order valence-electron chi connectivity index (χ1n) is 5.58. The van der Waals surface area contributed by atoms with Gasteiger partial charge in [0.1, 0.15) is 5.37 Å². The number of rotatable bonds is 2. The minimum Gasteiger partial charge on any atom is -0.325 e. The van der Waals surface area contributed by atoms with E-state index >= 15 is 0 Å². The monoisotopic (exact) mass is 255 g/mol. The zero-order valence-electron chi connectivity index (χ0n) is 9.90. The fourth-order valence-corrected chi connectivity index (χ4v) is 4.23. The molecule has 2 nitrogen and oxygen atoms in total. The molecule has 0 aliphatic carbocycles. The lowest BCUT2D eigenvalue weighted by molar-refractivity contribution is -0.134. The highest BCUT2D eigenvalue weighted by Gasteiger charge is 2.32. The number of hydrogen-bond acceptors (Lipinski definition) is 3. The summed E-state index contributed by atoms with van der Waals surface area (Å²) in [4.78, 5) is 16.7. The van der Waals surface area contributed by atoms with E-state index in [0.717, 1.165) is 12.3 Å². The average Bonchev–Trinajstić information content (AvgIpc) is 2.83. The third-order valence-corrected chi connectivity index (χ3v) is 5.12. The smallest absolute Gasteiger partial charge is 0.226 e. The summed E-state index contributed by atoms with van der Waals surface area (Å²) < 4.78 is 0. The maximum absolute atomic E-state index is 12.1. The largest absolute Gasteiger partial charge is 0.325 e. The molecule has 1 saturated heterocycles. The van der Waals surface area contributed by atoms with Crippen molar-refractivity contribution in [3.8, 4) is 0 Å². The fraction of sp³-hybridized carbons (Fsp3) is 0.583. The predicted octanol–water partition coefficient (Wildman–Crippen LogP) is 3.29. The number of amides is 1. The standard InChI is InChI=1S/C12H17NOS2/c1-8(2)11(14)13-6-7-15-12(13)10-5-4-9(3)16-10/h4-5,8,12H,6-7H2,1-3H3/t12-/m1/s1. The van der Waals surface area contributed by atoms with Crippen LogP contribution in [0.4, 0.5) is 0 Å². The Bertz CT molecular complexity index is 386. The number of thiophene rings is 1. The van der Waals surface area contributed by atoms with E-state index < -0.39 is 0 Å². The Morgan fingerprint density at radius 2 is 2.25 bits per heavy atom. The van der Waals surface area contributed by atoms with Crippen LogP contribution >= 0.6 is 23.1 Å². The van der Waals surface area contributed by atoms with Gasteiger partial charge in [-0.05, 0) is 19.1 Å². The van der Waals surface area contributed by atoms with Gasteiger partial charge in [0.2, 0.25) is 5.91 Å². The molecule has 1 aliphatic rings. The first-order chi connectivity index (χ1) is 7.59. The van der Waals surface area contributed by atoms with Crippen molar-refractivity contribution in [2.24, 2.45) is 5.92 Å². The van der Waals surface area contributed by atoms with Crippen molar-refractivity contribution in [3.63, 3.8) is 0 Å². The molecule has 0 N–H and O–H groups in total. The van der Waals surface area contributed by atoms with Crippen molar-refractivity contribution in [1.29, 1.82) is 0 Å². The van der Waals surface area contributed by atoms with E-state index in [2.05, 4.69) is 19.1 Å². The van der Waals surface area contributed by atoms with Crippen LogP contribution < -0.4 is 0 Å². The van der Waals surface area contributed by atoms with Crippen LogP contribution in [0.25, 0.3) is 0 Å². The second-order valence-corrected chi connectivity index (χ2v) is 6.87. The lowest BCUT2D eigenvalue weighted by Gasteiger charge is -2.24. The minimum absolute atomic E-state index is 0.0993. The Morgan fingerprint density at radius 1 is 1.50 bits per heavy atom. The molecule has 0 spiro atoms. The van der Waals surface area contributed by atoms with Crippen molar-refractivity contribution in [2.45, 2.75) is 26.1 Å². The number of nitrogens with zero attached hydrogens (tertiary/aromatic N) is 1. The van der Waals surface area contributed by atoms with Gasteiger partial charge in [0.15, 0.2) is 0 Å². The quantitative estimate of drug-likeness (QED) is 0.808. The summed E-state index contributed by atoms with van der Waals surface area (Å²) in [6.45, 7) is 6.95. The molecule has 88 valence electrons. The van der Waals surface area contributed by atoms with Gasteiger partial charge in [0.05, 0.1) is 0 Å². The SMILES string of the molecule is Cc1ccc([C@H]2SCCN2C(=O)C(C)C)s1. The molecule has 1 atom stereocenters. The van der Waals surface area contributed by atoms with E-state index in [0.29, 0.717) is 0 Å². The van der Waals surface area contributed by atoms with Crippen LogP contribution in [-0.4, -0.2) is 23.1 Å². The predicted molar refractivity (Wildman–Crippen MR) is 70.8 cm³/mol. The Morgan fingerprint density at radius 3 is 2.81 bits per heavy atom. The Hall–Kier alpha value is -0.480. The van der Waals surface area contributed by atoms with Crippen molar-refractivity contribution < 1.29 is 4.79 Å². The second kappa shape index (κ2) is 4.80. The van der Waals surface area contributed by atoms with Gasteiger partial charge in [-0.2, -0.15) is 0 Å². The molecule has 2 rings (SSSR count). The van der Waals surface area contributed by atoms with E-state index in [9.17, 15) is 4.79 Å². The molecule has 1 aromatic rings. The Kier molecular flexibility index (Phi) is 3.60. The summed E-state index contributed by atoms with van der Waals surface area (Å²) in [5.41, 5.74) is 0. The molecule has 1 aromatic heterocycles. The first-order valence-corrected chi connectivity index (χ1v) is 7.44. The maximum Gasteiger partial charge on any atom is 0.226 e. The molecule has 0 aromatic carbocycles. The van der Waals surface area contributed by atoms with Crippen molar-refractivity contribution in [1.82, 2.24) is 4.90 Å². The van der Waals surface area contributed by atoms with Crippen LogP contribution in [0.15, 0.2) is 12.1 Å². The molecule has 1 fully saturated rings. The summed E-state index contributed by atoms with van der Waals surface area (Å²) in [7, 11) is 0. The van der Waals surface area contributed by atoms with Crippen LogP contribution in [-0.2, 0) is 4.79 Å². The normalized spacial score (nSPS) is 20.8. The van der Waals surface area contributed by atoms with Gasteiger partial charge < -0.3 is 4.90 Å². The highest BCUT2D eigenvalue weighted by molar-refractivity contribution is 7.99. The number of aryl methyl sites for hydroxylation is 1. The molecule has 4 heteroatoms. The first kappa shape index (κ1) is 12.0. The van der Waals surface area contributed by atoms with Gasteiger partial charge in [-0.15, -0.1) is 23.1 Å². The summed E-state index contributed by atoms with van der Waals surface area (Å²) in [5, 5.41) is 0.258. The van der Waals surface area contributed by atoms with E-state index in [1.165, 1.54) is 9.75 Å². The van der Waals surface area contributed by atoms with Gasteiger partial charge in [0, 0.05) is 28.0 Å². The molecule has 16 heavy (non-hydrogen) atoms. The van der Waals surface area contributed by atoms with Gasteiger partial charge in [-0.1, -0.05) is 13.8 Å². The number of hydrogen-bond donors (Lipinski definition) is 0. The molecule has 0 radical (unpaired) electrons. The van der Waals surface area contributed by atoms with E-state index in [1.807, 2.05) is 30.5 Å². The molecule has 0 unspecified atom stereocenters. The summed E-state index contributed by atoms with van der Waals surface area (Å²) in [6.07, 6.45) is 0. The molecule has 1 aliphatic heterocycles. The molecule has 2 heterocycles. The maximum atomic E-state index is 12.1. The van der Waals surface area contributed by atoms with Gasteiger partial charge in [-0.25, -0.2) is 0 Å². The third kappa shape index (κ3) is 2.28. The lowest BCUT2D eigenvalue weighted by Crippen LogP contribution is -2.33. The molecule has 0 saturated carbocycles. The van der Waals surface area contributed by atoms with Crippen molar-refractivity contribution in [2.75, 3.05) is 12.3 Å². The Balaban J connectivity index is 2.18. The molecule has 0 bridgehead atoms. The molecule has 1 amide bonds. The lowest BCUT2D eigenvalue weighted by atomic mass is 10.2. The van der Waals surface area contributed by atoms with Crippen molar-refractivity contribution in [3.05, 3.63) is 21.9 Å². The number of carbonyl (C=O) groups is 1. The topological polar surface area (TPSA) is 20.3 Å². The highest BCUT2D eigenvalue weighted by atomic mass is 32.2. The molecular weight excluding hydrogens is 238 g/mol. The number of carbonyl (C=O) groups excluding carboxylic acids is 1. The summed E-state index contributed by atoms with van der Waals surface area (Å²) in [6, 6.07) is 4.29. The second-order valence-electron chi connectivity index (χ2n) is 4.36. The van der Waals surface area contributed by atoms with Gasteiger partial charge in [0.25, 0.3) is 0 Å². The van der Waals surface area contributed by atoms with Crippen LogP contribution in [0, 0.1) is 12.8 Å². The van der Waals surface area contributed by atoms with E-state index in [1.54, 1.807) is 11.3 Å². The van der Waals surface area contributed by atoms with Crippen LogP contribution in [0.2, 0.25) is 0 Å². The molecular formula is C12H17NOS2. The van der Waals surface area contributed by atoms with Crippen LogP contribution in [0.5, 0.6) is 0 Å². The minimum atomic E-state index is 0.0993. The van der Waals surface area contributed by atoms with Crippen LogP contribution in [0.3, 0.4) is 0 Å². The zero-order valence-corrected chi connectivity index (χ0v) is 11.5. The van der Waals surface area contributed by atoms with Gasteiger partial charge in [-0.3, -0.25) is 4.79 Å². The highest BCUT2D eigenvalue weighted by Crippen LogP contribution is 2.41. The Labute approximate surface area is 105 Å². The van der Waals surface area contributed by atoms with Crippen molar-refractivity contribution >= 4 is 29.0 Å². The summed E-state index contributed by atoms with van der Waals surface area (Å²) in [5.74, 6) is 1.43. The fourth-order valence-electron chi connectivity index (χ4n) is 1.85. The van der Waals surface area contributed by atoms with E-state index in [4.69, 9.17) is 0 Å². The van der Waals surface area contributed by atoms with E-state index in [-0.39, 0.29) is 17.2 Å². The number of thioether (sulfide) groups is 1. The van der Waals surface area contributed by atoms with Crippen LogP contribution in [0.1, 0.15) is 29.0 Å². The summed E-state index contributed by atoms with van der Waals surface area (Å²) >= 11 is 3.68.